The topological polar surface area (TPSA) is 78.5 Å². The predicted octanol–water partition coefficient (Wildman–Crippen LogP) is 2.22. The number of carbonyl (C=O) groups excluding carboxylic acids is 3. The van der Waals surface area contributed by atoms with E-state index in [1.807, 2.05) is 30.3 Å². The Morgan fingerprint density at radius 3 is 2.29 bits per heavy atom. The molecule has 2 aromatic rings. The minimum atomic E-state index is -0.650. The molecule has 2 rings (SSSR count). The third-order valence-corrected chi connectivity index (χ3v) is 4.20. The van der Waals surface area contributed by atoms with E-state index >= 15 is 0 Å². The van der Waals surface area contributed by atoms with Crippen LogP contribution in [0.25, 0.3) is 6.08 Å². The van der Waals surface area contributed by atoms with Crippen LogP contribution in [0.15, 0.2) is 60.7 Å². The second-order valence-corrected chi connectivity index (χ2v) is 6.44. The summed E-state index contributed by atoms with van der Waals surface area (Å²) in [5.74, 6) is -0.680. The van der Waals surface area contributed by atoms with Crippen molar-refractivity contribution in [2.24, 2.45) is 0 Å². The van der Waals surface area contributed by atoms with E-state index in [0.717, 1.165) is 11.1 Å². The number of hydrogen-bond donors (Lipinski definition) is 2. The average molecular weight is 379 g/mol. The molecule has 3 amide bonds. The normalized spacial score (nSPS) is 11.7. The Morgan fingerprint density at radius 2 is 1.68 bits per heavy atom. The monoisotopic (exact) mass is 379 g/mol. The van der Waals surface area contributed by atoms with Gasteiger partial charge in [-0.15, -0.1) is 0 Å². The first-order chi connectivity index (χ1) is 13.4. The van der Waals surface area contributed by atoms with Crippen LogP contribution in [0.3, 0.4) is 0 Å². The van der Waals surface area contributed by atoms with Crippen molar-refractivity contribution in [1.29, 1.82) is 0 Å². The fraction of sp³-hybridized carbons (Fsp3) is 0.227. The Bertz CT molecular complexity index is 845. The molecule has 2 aromatic carbocycles. The number of rotatable bonds is 7. The van der Waals surface area contributed by atoms with Crippen molar-refractivity contribution in [2.45, 2.75) is 19.5 Å². The second kappa shape index (κ2) is 10.1. The first-order valence-electron chi connectivity index (χ1n) is 9.00. The minimum Gasteiger partial charge on any atom is -0.355 e. The molecule has 0 aliphatic heterocycles. The van der Waals surface area contributed by atoms with E-state index in [-0.39, 0.29) is 17.7 Å². The average Bonchev–Trinajstić information content (AvgIpc) is 2.72. The van der Waals surface area contributed by atoms with Gasteiger partial charge < -0.3 is 15.5 Å². The van der Waals surface area contributed by atoms with E-state index in [1.54, 1.807) is 56.3 Å². The van der Waals surface area contributed by atoms with E-state index in [2.05, 4.69) is 10.6 Å². The first-order valence-corrected chi connectivity index (χ1v) is 9.00. The lowest BCUT2D eigenvalue weighted by Crippen LogP contribution is -2.44. The van der Waals surface area contributed by atoms with Crippen LogP contribution >= 0.6 is 0 Å². The molecule has 6 heteroatoms. The van der Waals surface area contributed by atoms with Crippen molar-refractivity contribution >= 4 is 23.8 Å². The maximum Gasteiger partial charge on any atom is 0.251 e. The smallest absolute Gasteiger partial charge is 0.251 e. The van der Waals surface area contributed by atoms with Crippen LogP contribution in [0.2, 0.25) is 0 Å². The van der Waals surface area contributed by atoms with Crippen molar-refractivity contribution in [3.63, 3.8) is 0 Å². The van der Waals surface area contributed by atoms with Gasteiger partial charge in [0, 0.05) is 32.3 Å². The van der Waals surface area contributed by atoms with Gasteiger partial charge in [-0.3, -0.25) is 14.4 Å². The van der Waals surface area contributed by atoms with Crippen LogP contribution < -0.4 is 10.6 Å². The fourth-order valence-corrected chi connectivity index (χ4v) is 2.65. The summed E-state index contributed by atoms with van der Waals surface area (Å²) in [7, 11) is 3.25. The highest BCUT2D eigenvalue weighted by Crippen LogP contribution is 2.08. The molecule has 146 valence electrons. The van der Waals surface area contributed by atoms with Gasteiger partial charge >= 0.3 is 0 Å². The van der Waals surface area contributed by atoms with Gasteiger partial charge in [0.05, 0.1) is 0 Å². The quantitative estimate of drug-likeness (QED) is 0.724. The molecule has 28 heavy (non-hydrogen) atoms. The van der Waals surface area contributed by atoms with Crippen molar-refractivity contribution in [3.8, 4) is 0 Å². The molecular weight excluding hydrogens is 354 g/mol. The number of nitrogens with zero attached hydrogens (tertiary/aromatic N) is 1. The number of hydrogen-bond acceptors (Lipinski definition) is 3. The first kappa shape index (κ1) is 20.9. The molecule has 0 heterocycles. The molecule has 0 spiro atoms. The highest BCUT2D eigenvalue weighted by atomic mass is 16.2. The highest BCUT2D eigenvalue weighted by Gasteiger charge is 2.18. The molecule has 2 N–H and O–H groups in total. The number of nitrogens with one attached hydrogen (secondary N) is 2. The maximum atomic E-state index is 12.5. The third kappa shape index (κ3) is 6.09. The van der Waals surface area contributed by atoms with E-state index in [4.69, 9.17) is 0 Å². The van der Waals surface area contributed by atoms with E-state index in [1.165, 1.54) is 6.08 Å². The molecule has 6 nitrogen and oxygen atoms in total. The molecule has 0 radical (unpaired) electrons. The van der Waals surface area contributed by atoms with Crippen molar-refractivity contribution < 1.29 is 14.4 Å². The Labute approximate surface area is 165 Å². The molecular formula is C22H25N3O3. The van der Waals surface area contributed by atoms with Crippen LogP contribution in [-0.2, 0) is 16.1 Å². The van der Waals surface area contributed by atoms with Crippen molar-refractivity contribution in [2.75, 3.05) is 14.1 Å². The molecule has 0 saturated carbocycles. The molecule has 0 aliphatic carbocycles. The number of likely N-dealkylation sites (N-methyl/N-ethyl adjacent to an activating group) is 1. The van der Waals surface area contributed by atoms with Gasteiger partial charge in [-0.1, -0.05) is 42.5 Å². The van der Waals surface area contributed by atoms with Crippen LogP contribution in [0.4, 0.5) is 0 Å². The van der Waals surface area contributed by atoms with E-state index < -0.39 is 6.04 Å². The number of amides is 3. The fourth-order valence-electron chi connectivity index (χ4n) is 2.65. The second-order valence-electron chi connectivity index (χ2n) is 6.44. The molecule has 0 fully saturated rings. The zero-order chi connectivity index (χ0) is 20.5. The van der Waals surface area contributed by atoms with Crippen LogP contribution in [0.1, 0.15) is 28.4 Å². The van der Waals surface area contributed by atoms with E-state index in [0.29, 0.717) is 12.1 Å². The highest BCUT2D eigenvalue weighted by molar-refractivity contribution is 5.95. The zero-order valence-electron chi connectivity index (χ0n) is 16.3. The lowest BCUT2D eigenvalue weighted by molar-refractivity contribution is -0.134. The van der Waals surface area contributed by atoms with Crippen LogP contribution in [0, 0.1) is 0 Å². The Balaban J connectivity index is 1.88. The van der Waals surface area contributed by atoms with Gasteiger partial charge in [-0.2, -0.15) is 0 Å². The van der Waals surface area contributed by atoms with Crippen molar-refractivity contribution in [3.05, 3.63) is 77.4 Å². The predicted molar refractivity (Wildman–Crippen MR) is 109 cm³/mol. The molecule has 0 aromatic heterocycles. The maximum absolute atomic E-state index is 12.5. The molecule has 0 saturated heterocycles. The number of carbonyl (C=O) groups is 3. The van der Waals surface area contributed by atoms with Gasteiger partial charge in [0.1, 0.15) is 6.04 Å². The summed E-state index contributed by atoms with van der Waals surface area (Å²) in [6.45, 7) is 2.04. The van der Waals surface area contributed by atoms with Gasteiger partial charge in [-0.05, 0) is 36.3 Å². The Kier molecular flexibility index (Phi) is 7.51. The lowest BCUT2D eigenvalue weighted by atomic mass is 10.1. The summed E-state index contributed by atoms with van der Waals surface area (Å²) in [4.78, 5) is 37.6. The summed E-state index contributed by atoms with van der Waals surface area (Å²) in [6, 6.07) is 15.9. The summed E-state index contributed by atoms with van der Waals surface area (Å²) in [6.07, 6.45) is 3.11. The summed E-state index contributed by atoms with van der Waals surface area (Å²) >= 11 is 0. The van der Waals surface area contributed by atoms with Gasteiger partial charge in [0.15, 0.2) is 0 Å². The Morgan fingerprint density at radius 1 is 1.04 bits per heavy atom. The minimum absolute atomic E-state index is 0.157. The third-order valence-electron chi connectivity index (χ3n) is 4.20. The van der Waals surface area contributed by atoms with Crippen molar-refractivity contribution in [1.82, 2.24) is 15.5 Å². The van der Waals surface area contributed by atoms with Crippen LogP contribution in [0.5, 0.6) is 0 Å². The summed E-state index contributed by atoms with van der Waals surface area (Å²) in [5, 5.41) is 5.24. The molecule has 0 unspecified atom stereocenters. The molecule has 0 aliphatic rings. The number of benzene rings is 2. The van der Waals surface area contributed by atoms with Gasteiger partial charge in [0.2, 0.25) is 11.8 Å². The largest absolute Gasteiger partial charge is 0.355 e. The summed E-state index contributed by atoms with van der Waals surface area (Å²) in [5.41, 5.74) is 2.37. The lowest BCUT2D eigenvalue weighted by Gasteiger charge is -2.22. The summed E-state index contributed by atoms with van der Waals surface area (Å²) < 4.78 is 0. The molecule has 0 bridgehead atoms. The van der Waals surface area contributed by atoms with Gasteiger partial charge in [-0.25, -0.2) is 0 Å². The standard InChI is InChI=1S/C22H25N3O3/c1-16(24-20(26)14-11-17-7-5-4-6-8-17)22(28)25(3)15-18-9-12-19(13-10-18)21(27)23-2/h4-14,16H,15H2,1-3H3,(H,23,27)(H,24,26)/b14-11-/t16-/m0/s1. The zero-order valence-corrected chi connectivity index (χ0v) is 16.3. The SMILES string of the molecule is CNC(=O)c1ccc(CN(C)C(=O)[C@H](C)NC(=O)/C=C\c2ccccc2)cc1. The Hall–Kier alpha value is -3.41. The van der Waals surface area contributed by atoms with E-state index in [9.17, 15) is 14.4 Å². The van der Waals surface area contributed by atoms with Crippen LogP contribution in [-0.4, -0.2) is 42.8 Å². The van der Waals surface area contributed by atoms with Gasteiger partial charge in [0.25, 0.3) is 5.91 Å². The molecule has 1 atom stereocenters.